The Bertz CT molecular complexity index is 212. The molecule has 1 amide bonds. The smallest absolute Gasteiger partial charge is 0.407 e. The van der Waals surface area contributed by atoms with Crippen LogP contribution in [0.4, 0.5) is 4.79 Å². The van der Waals surface area contributed by atoms with E-state index in [1.165, 1.54) is 6.42 Å². The molecule has 2 N–H and O–H groups in total. The summed E-state index contributed by atoms with van der Waals surface area (Å²) in [4.78, 5) is 11.3. The van der Waals surface area contributed by atoms with E-state index in [0.717, 1.165) is 19.5 Å². The molecule has 1 atom stereocenters. The molecule has 1 unspecified atom stereocenters. The molecule has 0 radical (unpaired) electrons. The molecule has 0 fully saturated rings. The van der Waals surface area contributed by atoms with E-state index in [4.69, 9.17) is 4.74 Å². The number of amides is 1. The van der Waals surface area contributed by atoms with Crippen LogP contribution >= 0.6 is 0 Å². The minimum absolute atomic E-state index is 0.334. The third-order valence-corrected chi connectivity index (χ3v) is 2.39. The van der Waals surface area contributed by atoms with Gasteiger partial charge in [0.1, 0.15) is 5.60 Å². The molecule has 0 saturated carbocycles. The quantitative estimate of drug-likeness (QED) is 0.677. The van der Waals surface area contributed by atoms with Gasteiger partial charge >= 0.3 is 6.09 Å². The number of nitrogens with one attached hydrogen (secondary N) is 2. The van der Waals surface area contributed by atoms with Gasteiger partial charge in [-0.25, -0.2) is 4.79 Å². The first-order valence-corrected chi connectivity index (χ1v) is 6.52. The van der Waals surface area contributed by atoms with Crippen LogP contribution in [0.25, 0.3) is 0 Å². The summed E-state index contributed by atoms with van der Waals surface area (Å²) in [6.07, 6.45) is 1.79. The van der Waals surface area contributed by atoms with Gasteiger partial charge in [0.25, 0.3) is 0 Å². The standard InChI is InChI=1S/C13H28N2O2/c1-6-11(2)10-14-8-7-9-15-12(16)17-13(3,4)5/h11,14H,6-10H2,1-5H3,(H,15,16). The maximum absolute atomic E-state index is 11.3. The van der Waals surface area contributed by atoms with Crippen LogP contribution < -0.4 is 10.6 Å². The number of carbonyl (C=O) groups excluding carboxylic acids is 1. The van der Waals surface area contributed by atoms with Gasteiger partial charge in [-0.05, 0) is 46.2 Å². The van der Waals surface area contributed by atoms with Crippen molar-refractivity contribution in [3.05, 3.63) is 0 Å². The number of hydrogen-bond donors (Lipinski definition) is 2. The molecular weight excluding hydrogens is 216 g/mol. The lowest BCUT2D eigenvalue weighted by molar-refractivity contribution is 0.0527. The molecule has 0 spiro atoms. The zero-order chi connectivity index (χ0) is 13.3. The van der Waals surface area contributed by atoms with E-state index in [1.54, 1.807) is 0 Å². The first kappa shape index (κ1) is 16.2. The summed E-state index contributed by atoms with van der Waals surface area (Å²) < 4.78 is 5.13. The summed E-state index contributed by atoms with van der Waals surface area (Å²) in [5.41, 5.74) is -0.418. The van der Waals surface area contributed by atoms with Crippen molar-refractivity contribution in [1.29, 1.82) is 0 Å². The van der Waals surface area contributed by atoms with Crippen molar-refractivity contribution in [3.8, 4) is 0 Å². The Hall–Kier alpha value is -0.770. The summed E-state index contributed by atoms with van der Waals surface area (Å²) in [5, 5.41) is 6.11. The monoisotopic (exact) mass is 244 g/mol. The van der Waals surface area contributed by atoms with Crippen molar-refractivity contribution < 1.29 is 9.53 Å². The van der Waals surface area contributed by atoms with Crippen LogP contribution in [0.1, 0.15) is 47.5 Å². The van der Waals surface area contributed by atoms with E-state index < -0.39 is 5.60 Å². The van der Waals surface area contributed by atoms with E-state index >= 15 is 0 Å². The molecule has 0 aliphatic rings. The van der Waals surface area contributed by atoms with E-state index in [1.807, 2.05) is 20.8 Å². The number of carbonyl (C=O) groups is 1. The molecular formula is C13H28N2O2. The van der Waals surface area contributed by atoms with E-state index in [-0.39, 0.29) is 6.09 Å². The fourth-order valence-electron chi connectivity index (χ4n) is 1.21. The van der Waals surface area contributed by atoms with Gasteiger partial charge in [0.05, 0.1) is 0 Å². The van der Waals surface area contributed by atoms with Crippen LogP contribution in [0.3, 0.4) is 0 Å². The van der Waals surface area contributed by atoms with Gasteiger partial charge in [-0.15, -0.1) is 0 Å². The van der Waals surface area contributed by atoms with Crippen molar-refractivity contribution in [3.63, 3.8) is 0 Å². The molecule has 0 saturated heterocycles. The second-order valence-electron chi connectivity index (χ2n) is 5.50. The third-order valence-electron chi connectivity index (χ3n) is 2.39. The second kappa shape index (κ2) is 8.34. The van der Waals surface area contributed by atoms with Crippen molar-refractivity contribution in [2.45, 2.75) is 53.1 Å². The normalized spacial score (nSPS) is 13.2. The van der Waals surface area contributed by atoms with Crippen molar-refractivity contribution in [2.75, 3.05) is 19.6 Å². The van der Waals surface area contributed by atoms with Gasteiger partial charge in [0.15, 0.2) is 0 Å². The van der Waals surface area contributed by atoms with E-state index in [9.17, 15) is 4.79 Å². The molecule has 0 aromatic rings. The molecule has 4 nitrogen and oxygen atoms in total. The van der Waals surface area contributed by atoms with Gasteiger partial charge in [0.2, 0.25) is 0 Å². The van der Waals surface area contributed by atoms with Gasteiger partial charge < -0.3 is 15.4 Å². The third kappa shape index (κ3) is 11.5. The summed E-state index contributed by atoms with van der Waals surface area (Å²) in [5.74, 6) is 0.716. The second-order valence-corrected chi connectivity index (χ2v) is 5.50. The number of rotatable bonds is 7. The Morgan fingerprint density at radius 3 is 2.47 bits per heavy atom. The average Bonchev–Trinajstić information content (AvgIpc) is 2.20. The molecule has 0 aliphatic carbocycles. The van der Waals surface area contributed by atoms with Crippen molar-refractivity contribution in [2.24, 2.45) is 5.92 Å². The topological polar surface area (TPSA) is 50.4 Å². The number of alkyl carbamates (subject to hydrolysis) is 1. The Morgan fingerprint density at radius 2 is 1.94 bits per heavy atom. The maximum Gasteiger partial charge on any atom is 0.407 e. The highest BCUT2D eigenvalue weighted by Crippen LogP contribution is 2.06. The van der Waals surface area contributed by atoms with Crippen LogP contribution in [0.2, 0.25) is 0 Å². The zero-order valence-corrected chi connectivity index (χ0v) is 11.9. The number of ether oxygens (including phenoxy) is 1. The minimum Gasteiger partial charge on any atom is -0.444 e. The van der Waals surface area contributed by atoms with Crippen LogP contribution in [-0.2, 0) is 4.74 Å². The summed E-state index contributed by atoms with van der Waals surface area (Å²) in [6.45, 7) is 12.6. The Labute approximate surface area is 105 Å². The highest BCUT2D eigenvalue weighted by molar-refractivity contribution is 5.67. The molecule has 0 aliphatic heterocycles. The van der Waals surface area contributed by atoms with Gasteiger partial charge in [-0.2, -0.15) is 0 Å². The Balaban J connectivity index is 3.37. The van der Waals surface area contributed by atoms with Crippen molar-refractivity contribution >= 4 is 6.09 Å². The molecule has 0 heterocycles. The minimum atomic E-state index is -0.418. The molecule has 0 bridgehead atoms. The lowest BCUT2D eigenvalue weighted by Crippen LogP contribution is -2.34. The highest BCUT2D eigenvalue weighted by atomic mass is 16.6. The van der Waals surface area contributed by atoms with Crippen LogP contribution in [0.5, 0.6) is 0 Å². The summed E-state index contributed by atoms with van der Waals surface area (Å²) >= 11 is 0. The molecule has 0 rings (SSSR count). The van der Waals surface area contributed by atoms with Crippen LogP contribution in [0, 0.1) is 5.92 Å². The zero-order valence-electron chi connectivity index (χ0n) is 11.9. The van der Waals surface area contributed by atoms with Gasteiger partial charge in [-0.3, -0.25) is 0 Å². The maximum atomic E-state index is 11.3. The Morgan fingerprint density at radius 1 is 1.29 bits per heavy atom. The van der Waals surface area contributed by atoms with Crippen LogP contribution in [-0.4, -0.2) is 31.3 Å². The fraction of sp³-hybridized carbons (Fsp3) is 0.923. The SMILES string of the molecule is CCC(C)CNCCCNC(=O)OC(C)(C)C. The van der Waals surface area contributed by atoms with E-state index in [0.29, 0.717) is 12.5 Å². The first-order valence-electron chi connectivity index (χ1n) is 6.52. The van der Waals surface area contributed by atoms with Gasteiger partial charge in [-0.1, -0.05) is 20.3 Å². The molecule has 0 aromatic heterocycles. The van der Waals surface area contributed by atoms with Crippen molar-refractivity contribution in [1.82, 2.24) is 10.6 Å². The number of hydrogen-bond acceptors (Lipinski definition) is 3. The predicted octanol–water partition coefficient (Wildman–Crippen LogP) is 2.54. The highest BCUT2D eigenvalue weighted by Gasteiger charge is 2.15. The van der Waals surface area contributed by atoms with Crippen LogP contribution in [0.15, 0.2) is 0 Å². The summed E-state index contributed by atoms with van der Waals surface area (Å²) in [7, 11) is 0. The fourth-order valence-corrected chi connectivity index (χ4v) is 1.21. The Kier molecular flexibility index (Phi) is 7.96. The lowest BCUT2D eigenvalue weighted by Gasteiger charge is -2.19. The predicted molar refractivity (Wildman–Crippen MR) is 71.2 cm³/mol. The first-order chi connectivity index (χ1) is 7.85. The molecule has 17 heavy (non-hydrogen) atoms. The molecule has 102 valence electrons. The van der Waals surface area contributed by atoms with Gasteiger partial charge in [0, 0.05) is 6.54 Å². The average molecular weight is 244 g/mol. The molecule has 4 heteroatoms. The molecule has 0 aromatic carbocycles. The van der Waals surface area contributed by atoms with E-state index in [2.05, 4.69) is 24.5 Å². The summed E-state index contributed by atoms with van der Waals surface area (Å²) in [6, 6.07) is 0. The lowest BCUT2D eigenvalue weighted by atomic mass is 10.1. The largest absolute Gasteiger partial charge is 0.444 e.